The molecule has 1 aliphatic heterocycles. The van der Waals surface area contributed by atoms with Crippen LogP contribution in [0.3, 0.4) is 0 Å². The molecule has 4 rings (SSSR count). The second-order valence-electron chi connectivity index (χ2n) is 6.89. The Hall–Kier alpha value is -3.39. The molecule has 0 aliphatic carbocycles. The molecule has 1 aliphatic rings. The molecule has 8 heteroatoms. The first-order valence-electron chi connectivity index (χ1n) is 9.68. The van der Waals surface area contributed by atoms with Gasteiger partial charge in [0, 0.05) is 30.3 Å². The monoisotopic (exact) mass is 409 g/mol. The summed E-state index contributed by atoms with van der Waals surface area (Å²) in [6, 6.07) is 12.9. The van der Waals surface area contributed by atoms with E-state index in [0.29, 0.717) is 61.5 Å². The summed E-state index contributed by atoms with van der Waals surface area (Å²) in [6.45, 7) is 2.32. The smallest absolute Gasteiger partial charge is 0.254 e. The van der Waals surface area contributed by atoms with E-state index in [4.69, 9.17) is 18.7 Å². The molecule has 8 nitrogen and oxygen atoms in total. The number of ether oxygens (including phenoxy) is 3. The largest absolute Gasteiger partial charge is 0.497 e. The Morgan fingerprint density at radius 2 is 1.80 bits per heavy atom. The van der Waals surface area contributed by atoms with Gasteiger partial charge in [-0.15, -0.1) is 0 Å². The van der Waals surface area contributed by atoms with Crippen LogP contribution in [-0.4, -0.2) is 61.5 Å². The second-order valence-corrected chi connectivity index (χ2v) is 6.89. The Labute approximate surface area is 174 Å². The summed E-state index contributed by atoms with van der Waals surface area (Å²) in [5.41, 5.74) is 2.25. The van der Waals surface area contributed by atoms with Crippen molar-refractivity contribution in [3.05, 3.63) is 59.5 Å². The molecular weight excluding hydrogens is 386 g/mol. The molecule has 2 heterocycles. The number of morpholine rings is 1. The molecule has 156 valence electrons. The van der Waals surface area contributed by atoms with Crippen molar-refractivity contribution in [3.8, 4) is 22.9 Å². The van der Waals surface area contributed by atoms with Crippen molar-refractivity contribution in [2.24, 2.45) is 0 Å². The number of aromatic nitrogens is 2. The summed E-state index contributed by atoms with van der Waals surface area (Å²) >= 11 is 0. The average Bonchev–Trinajstić information content (AvgIpc) is 3.27. The molecule has 0 radical (unpaired) electrons. The highest BCUT2D eigenvalue weighted by molar-refractivity contribution is 5.95. The van der Waals surface area contributed by atoms with Crippen molar-refractivity contribution < 1.29 is 23.5 Å². The lowest BCUT2D eigenvalue weighted by atomic mass is 10.1. The fourth-order valence-corrected chi connectivity index (χ4v) is 3.33. The molecule has 1 fully saturated rings. The van der Waals surface area contributed by atoms with Gasteiger partial charge >= 0.3 is 0 Å². The van der Waals surface area contributed by atoms with E-state index < -0.39 is 0 Å². The van der Waals surface area contributed by atoms with Crippen molar-refractivity contribution >= 4 is 5.91 Å². The lowest BCUT2D eigenvalue weighted by Gasteiger charge is -2.26. The van der Waals surface area contributed by atoms with Gasteiger partial charge in [-0.25, -0.2) is 0 Å². The standard InChI is InChI=1S/C22H23N3O5/c1-27-18-10-15(11-19(14-18)28-2)12-20-23-21(24-30-20)16-4-3-5-17(13-16)22(26)25-6-8-29-9-7-25/h3-5,10-11,13-14H,6-9,12H2,1-2H3. The highest BCUT2D eigenvalue weighted by Crippen LogP contribution is 2.25. The highest BCUT2D eigenvalue weighted by Gasteiger charge is 2.19. The highest BCUT2D eigenvalue weighted by atomic mass is 16.5. The van der Waals surface area contributed by atoms with Gasteiger partial charge in [0.05, 0.1) is 33.9 Å². The SMILES string of the molecule is COc1cc(Cc2nc(-c3cccc(C(=O)N4CCOCC4)c3)no2)cc(OC)c1. The topological polar surface area (TPSA) is 86.9 Å². The predicted octanol–water partition coefficient (Wildman–Crippen LogP) is 2.82. The Balaban J connectivity index is 1.52. The van der Waals surface area contributed by atoms with E-state index in [0.717, 1.165) is 11.1 Å². The molecular formula is C22H23N3O5. The minimum atomic E-state index is -0.0210. The number of hydrogen-bond donors (Lipinski definition) is 0. The summed E-state index contributed by atoms with van der Waals surface area (Å²) in [6.07, 6.45) is 0.437. The van der Waals surface area contributed by atoms with Gasteiger partial charge in [0.25, 0.3) is 5.91 Å². The first-order chi connectivity index (χ1) is 14.7. The van der Waals surface area contributed by atoms with Gasteiger partial charge in [0.2, 0.25) is 11.7 Å². The minimum absolute atomic E-state index is 0.0210. The summed E-state index contributed by atoms with van der Waals surface area (Å²) in [4.78, 5) is 19.0. The molecule has 0 N–H and O–H groups in total. The van der Waals surface area contributed by atoms with Gasteiger partial charge in [0.15, 0.2) is 0 Å². The maximum Gasteiger partial charge on any atom is 0.254 e. The molecule has 1 saturated heterocycles. The normalized spacial score (nSPS) is 13.9. The van der Waals surface area contributed by atoms with Crippen molar-refractivity contribution in [2.45, 2.75) is 6.42 Å². The van der Waals surface area contributed by atoms with Crippen molar-refractivity contribution in [1.82, 2.24) is 15.0 Å². The average molecular weight is 409 g/mol. The fourth-order valence-electron chi connectivity index (χ4n) is 3.33. The number of benzene rings is 2. The molecule has 1 amide bonds. The maximum atomic E-state index is 12.7. The number of nitrogens with zero attached hydrogens (tertiary/aromatic N) is 3. The number of carbonyl (C=O) groups excluding carboxylic acids is 1. The molecule has 0 bridgehead atoms. The second kappa shape index (κ2) is 8.96. The van der Waals surface area contributed by atoms with Crippen LogP contribution < -0.4 is 9.47 Å². The van der Waals surface area contributed by atoms with Gasteiger partial charge in [-0.1, -0.05) is 17.3 Å². The van der Waals surface area contributed by atoms with Crippen LogP contribution in [-0.2, 0) is 11.2 Å². The first-order valence-corrected chi connectivity index (χ1v) is 9.68. The Morgan fingerprint density at radius 1 is 1.07 bits per heavy atom. The molecule has 0 unspecified atom stereocenters. The van der Waals surface area contributed by atoms with Crippen LogP contribution in [0.4, 0.5) is 0 Å². The molecule has 1 aromatic heterocycles. The van der Waals surface area contributed by atoms with Crippen LogP contribution in [0, 0.1) is 0 Å². The Bertz CT molecular complexity index is 1000. The summed E-state index contributed by atoms with van der Waals surface area (Å²) < 4.78 is 21.4. The zero-order valence-electron chi connectivity index (χ0n) is 17.0. The summed E-state index contributed by atoms with van der Waals surface area (Å²) in [7, 11) is 3.21. The van der Waals surface area contributed by atoms with E-state index in [2.05, 4.69) is 10.1 Å². The van der Waals surface area contributed by atoms with Gasteiger partial charge in [-0.05, 0) is 29.8 Å². The third-order valence-electron chi connectivity index (χ3n) is 4.90. The number of methoxy groups -OCH3 is 2. The number of hydrogen-bond acceptors (Lipinski definition) is 7. The van der Waals surface area contributed by atoms with E-state index in [1.807, 2.05) is 24.3 Å². The van der Waals surface area contributed by atoms with Crippen molar-refractivity contribution in [3.63, 3.8) is 0 Å². The van der Waals surface area contributed by atoms with Crippen molar-refractivity contribution in [1.29, 1.82) is 0 Å². The Kier molecular flexibility index (Phi) is 5.94. The third kappa shape index (κ3) is 4.44. The zero-order valence-corrected chi connectivity index (χ0v) is 17.0. The molecule has 0 saturated carbocycles. The van der Waals surface area contributed by atoms with Gasteiger partial charge in [0.1, 0.15) is 11.5 Å². The molecule has 3 aromatic rings. The lowest BCUT2D eigenvalue weighted by Crippen LogP contribution is -2.40. The van der Waals surface area contributed by atoms with Crippen LogP contribution >= 0.6 is 0 Å². The maximum absolute atomic E-state index is 12.7. The van der Waals surface area contributed by atoms with E-state index in [9.17, 15) is 4.79 Å². The van der Waals surface area contributed by atoms with Crippen LogP contribution in [0.15, 0.2) is 47.0 Å². The minimum Gasteiger partial charge on any atom is -0.497 e. The molecule has 2 aromatic carbocycles. The third-order valence-corrected chi connectivity index (χ3v) is 4.90. The lowest BCUT2D eigenvalue weighted by molar-refractivity contribution is 0.0303. The fraction of sp³-hybridized carbons (Fsp3) is 0.318. The van der Waals surface area contributed by atoms with E-state index in [-0.39, 0.29) is 5.91 Å². The first kappa shape index (κ1) is 19.9. The van der Waals surface area contributed by atoms with Crippen LogP contribution in [0.25, 0.3) is 11.4 Å². The summed E-state index contributed by atoms with van der Waals surface area (Å²) in [5.74, 6) is 2.27. The molecule has 0 spiro atoms. The van der Waals surface area contributed by atoms with Crippen LogP contribution in [0.2, 0.25) is 0 Å². The van der Waals surface area contributed by atoms with E-state index in [1.165, 1.54) is 0 Å². The van der Waals surface area contributed by atoms with Gasteiger partial charge in [-0.3, -0.25) is 4.79 Å². The summed E-state index contributed by atoms with van der Waals surface area (Å²) in [5, 5.41) is 4.09. The van der Waals surface area contributed by atoms with Crippen LogP contribution in [0.5, 0.6) is 11.5 Å². The zero-order chi connectivity index (χ0) is 20.9. The number of amides is 1. The quantitative estimate of drug-likeness (QED) is 0.619. The van der Waals surface area contributed by atoms with Gasteiger partial charge in [-0.2, -0.15) is 4.98 Å². The molecule has 0 atom stereocenters. The number of rotatable bonds is 6. The van der Waals surface area contributed by atoms with E-state index in [1.54, 1.807) is 37.3 Å². The van der Waals surface area contributed by atoms with Gasteiger partial charge < -0.3 is 23.6 Å². The predicted molar refractivity (Wildman–Crippen MR) is 109 cm³/mol. The van der Waals surface area contributed by atoms with Crippen LogP contribution in [0.1, 0.15) is 21.8 Å². The van der Waals surface area contributed by atoms with Crippen molar-refractivity contribution in [2.75, 3.05) is 40.5 Å². The Morgan fingerprint density at radius 3 is 2.50 bits per heavy atom. The van der Waals surface area contributed by atoms with E-state index >= 15 is 0 Å². The number of carbonyl (C=O) groups is 1. The molecule has 30 heavy (non-hydrogen) atoms.